The van der Waals surface area contributed by atoms with E-state index in [0.717, 1.165) is 28.6 Å². The molecule has 0 saturated carbocycles. The zero-order chi connectivity index (χ0) is 12.4. The Bertz CT molecular complexity index is 533. The van der Waals surface area contributed by atoms with Crippen LogP contribution in [0.5, 0.6) is 5.75 Å². The van der Waals surface area contributed by atoms with Crippen molar-refractivity contribution in [1.82, 2.24) is 14.8 Å². The van der Waals surface area contributed by atoms with E-state index < -0.39 is 0 Å². The maximum Gasteiger partial charge on any atom is 0.224 e. The second-order valence-corrected chi connectivity index (χ2v) is 3.84. The molecule has 0 spiro atoms. The molecule has 0 fully saturated rings. The average molecular weight is 232 g/mol. The lowest BCUT2D eigenvalue weighted by molar-refractivity contribution is 0.412. The summed E-state index contributed by atoms with van der Waals surface area (Å²) < 4.78 is 7.21. The Balaban J connectivity index is 2.49. The number of methoxy groups -OCH3 is 1. The van der Waals surface area contributed by atoms with E-state index in [2.05, 4.69) is 15.5 Å². The normalized spacial score (nSPS) is 10.4. The van der Waals surface area contributed by atoms with Crippen molar-refractivity contribution in [3.05, 3.63) is 23.8 Å². The number of aryl methyl sites for hydroxylation is 1. The number of ether oxygens (including phenoxy) is 1. The highest BCUT2D eigenvalue weighted by Crippen LogP contribution is 2.26. The summed E-state index contributed by atoms with van der Waals surface area (Å²) in [5, 5.41) is 11.2. The minimum absolute atomic E-state index is 0.736. The molecule has 0 atom stereocenters. The predicted octanol–water partition coefficient (Wildman–Crippen LogP) is 1.84. The SMILES string of the molecule is CNc1nnc(-c2ccc(C)c(OC)c2)n1C. The fourth-order valence-electron chi connectivity index (χ4n) is 1.76. The van der Waals surface area contributed by atoms with Gasteiger partial charge in [0, 0.05) is 19.7 Å². The summed E-state index contributed by atoms with van der Waals surface area (Å²) in [7, 11) is 5.42. The van der Waals surface area contributed by atoms with E-state index in [9.17, 15) is 0 Å². The van der Waals surface area contributed by atoms with Crippen LogP contribution < -0.4 is 10.1 Å². The van der Waals surface area contributed by atoms with Gasteiger partial charge in [0.1, 0.15) is 5.75 Å². The molecule has 1 heterocycles. The Morgan fingerprint density at radius 3 is 2.65 bits per heavy atom. The van der Waals surface area contributed by atoms with Crippen LogP contribution >= 0.6 is 0 Å². The first kappa shape index (κ1) is 11.4. The average Bonchev–Trinajstić information content (AvgIpc) is 2.71. The van der Waals surface area contributed by atoms with E-state index in [1.807, 2.05) is 43.8 Å². The number of hydrogen-bond acceptors (Lipinski definition) is 4. The van der Waals surface area contributed by atoms with Gasteiger partial charge in [-0.3, -0.25) is 4.57 Å². The minimum Gasteiger partial charge on any atom is -0.496 e. The Morgan fingerprint density at radius 1 is 1.29 bits per heavy atom. The van der Waals surface area contributed by atoms with Gasteiger partial charge >= 0.3 is 0 Å². The molecule has 17 heavy (non-hydrogen) atoms. The first-order valence-electron chi connectivity index (χ1n) is 5.39. The number of benzene rings is 1. The molecule has 1 N–H and O–H groups in total. The predicted molar refractivity (Wildman–Crippen MR) is 67.3 cm³/mol. The summed E-state index contributed by atoms with van der Waals surface area (Å²) in [5.41, 5.74) is 2.09. The Kier molecular flexibility index (Phi) is 2.99. The van der Waals surface area contributed by atoms with Crippen LogP contribution in [0.3, 0.4) is 0 Å². The molecule has 0 unspecified atom stereocenters. The van der Waals surface area contributed by atoms with Crippen molar-refractivity contribution in [2.75, 3.05) is 19.5 Å². The van der Waals surface area contributed by atoms with Crippen molar-refractivity contribution >= 4 is 5.95 Å². The van der Waals surface area contributed by atoms with Crippen LogP contribution in [-0.2, 0) is 7.05 Å². The second kappa shape index (κ2) is 4.45. The van der Waals surface area contributed by atoms with Crippen LogP contribution in [0.4, 0.5) is 5.95 Å². The smallest absolute Gasteiger partial charge is 0.224 e. The third-order valence-electron chi connectivity index (χ3n) is 2.76. The first-order chi connectivity index (χ1) is 8.17. The highest BCUT2D eigenvalue weighted by molar-refractivity contribution is 5.60. The van der Waals surface area contributed by atoms with Crippen LogP contribution in [0.25, 0.3) is 11.4 Å². The summed E-state index contributed by atoms with van der Waals surface area (Å²) in [6, 6.07) is 6.00. The highest BCUT2D eigenvalue weighted by Gasteiger charge is 2.10. The maximum atomic E-state index is 5.31. The number of nitrogens with zero attached hydrogens (tertiary/aromatic N) is 3. The maximum absolute atomic E-state index is 5.31. The Hall–Kier alpha value is -2.04. The monoisotopic (exact) mass is 232 g/mol. The molecule has 1 aromatic carbocycles. The van der Waals surface area contributed by atoms with Gasteiger partial charge in [-0.05, 0) is 18.6 Å². The molecule has 0 saturated heterocycles. The number of anilines is 1. The molecular weight excluding hydrogens is 216 g/mol. The molecule has 2 aromatic rings. The molecule has 0 aliphatic carbocycles. The summed E-state index contributed by atoms with van der Waals surface area (Å²) >= 11 is 0. The standard InChI is InChI=1S/C12H16N4O/c1-8-5-6-9(7-10(8)17-4)11-14-15-12(13-2)16(11)3/h5-7H,1-4H3,(H,13,15). The summed E-state index contributed by atoms with van der Waals surface area (Å²) in [5.74, 6) is 2.41. The summed E-state index contributed by atoms with van der Waals surface area (Å²) in [4.78, 5) is 0. The van der Waals surface area contributed by atoms with E-state index in [-0.39, 0.29) is 0 Å². The van der Waals surface area contributed by atoms with Gasteiger partial charge in [0.2, 0.25) is 5.95 Å². The minimum atomic E-state index is 0.736. The molecule has 2 rings (SSSR count). The Morgan fingerprint density at radius 2 is 2.06 bits per heavy atom. The lowest BCUT2D eigenvalue weighted by Gasteiger charge is -2.07. The van der Waals surface area contributed by atoms with E-state index in [1.165, 1.54) is 0 Å². The summed E-state index contributed by atoms with van der Waals surface area (Å²) in [6.07, 6.45) is 0. The third-order valence-corrected chi connectivity index (χ3v) is 2.76. The van der Waals surface area contributed by atoms with Crippen LogP contribution in [0.15, 0.2) is 18.2 Å². The molecule has 5 nitrogen and oxygen atoms in total. The van der Waals surface area contributed by atoms with Crippen molar-refractivity contribution in [2.45, 2.75) is 6.92 Å². The first-order valence-corrected chi connectivity index (χ1v) is 5.39. The van der Waals surface area contributed by atoms with Gasteiger partial charge in [-0.2, -0.15) is 0 Å². The third kappa shape index (κ3) is 1.95. The molecule has 0 bridgehead atoms. The quantitative estimate of drug-likeness (QED) is 0.877. The lowest BCUT2D eigenvalue weighted by Crippen LogP contribution is -2.00. The lowest BCUT2D eigenvalue weighted by atomic mass is 10.1. The Labute approximate surface area is 100 Å². The van der Waals surface area contributed by atoms with Gasteiger partial charge < -0.3 is 10.1 Å². The largest absolute Gasteiger partial charge is 0.496 e. The van der Waals surface area contributed by atoms with Crippen LogP contribution in [0, 0.1) is 6.92 Å². The van der Waals surface area contributed by atoms with E-state index in [0.29, 0.717) is 0 Å². The van der Waals surface area contributed by atoms with Crippen molar-refractivity contribution in [3.63, 3.8) is 0 Å². The van der Waals surface area contributed by atoms with Gasteiger partial charge in [-0.25, -0.2) is 0 Å². The van der Waals surface area contributed by atoms with E-state index in [1.54, 1.807) is 7.11 Å². The molecule has 0 amide bonds. The fourth-order valence-corrected chi connectivity index (χ4v) is 1.76. The van der Waals surface area contributed by atoms with Crippen LogP contribution in [0.2, 0.25) is 0 Å². The topological polar surface area (TPSA) is 52.0 Å². The van der Waals surface area contributed by atoms with Gasteiger partial charge in [0.15, 0.2) is 5.82 Å². The van der Waals surface area contributed by atoms with E-state index >= 15 is 0 Å². The number of nitrogens with one attached hydrogen (secondary N) is 1. The zero-order valence-corrected chi connectivity index (χ0v) is 10.5. The number of rotatable bonds is 3. The van der Waals surface area contributed by atoms with Crippen molar-refractivity contribution in [2.24, 2.45) is 7.05 Å². The molecule has 0 aliphatic heterocycles. The molecule has 0 radical (unpaired) electrons. The second-order valence-electron chi connectivity index (χ2n) is 3.84. The molecule has 90 valence electrons. The fraction of sp³-hybridized carbons (Fsp3) is 0.333. The number of aromatic nitrogens is 3. The van der Waals surface area contributed by atoms with Crippen molar-refractivity contribution in [1.29, 1.82) is 0 Å². The molecule has 0 aliphatic rings. The van der Waals surface area contributed by atoms with Gasteiger partial charge in [0.25, 0.3) is 0 Å². The number of hydrogen-bond donors (Lipinski definition) is 1. The zero-order valence-electron chi connectivity index (χ0n) is 10.5. The molecule has 5 heteroatoms. The highest BCUT2D eigenvalue weighted by atomic mass is 16.5. The summed E-state index contributed by atoms with van der Waals surface area (Å²) in [6.45, 7) is 2.01. The molecular formula is C12H16N4O. The van der Waals surface area contributed by atoms with Crippen molar-refractivity contribution < 1.29 is 4.74 Å². The van der Waals surface area contributed by atoms with Gasteiger partial charge in [0.05, 0.1) is 7.11 Å². The van der Waals surface area contributed by atoms with Gasteiger partial charge in [-0.15, -0.1) is 10.2 Å². The van der Waals surface area contributed by atoms with Crippen LogP contribution in [0.1, 0.15) is 5.56 Å². The van der Waals surface area contributed by atoms with Crippen molar-refractivity contribution in [3.8, 4) is 17.1 Å². The van der Waals surface area contributed by atoms with Crippen LogP contribution in [-0.4, -0.2) is 28.9 Å². The van der Waals surface area contributed by atoms with E-state index in [4.69, 9.17) is 4.74 Å². The van der Waals surface area contributed by atoms with Gasteiger partial charge in [-0.1, -0.05) is 12.1 Å². The molecule has 1 aromatic heterocycles.